The fourth-order valence-corrected chi connectivity index (χ4v) is 3.13. The molecule has 0 aliphatic heterocycles. The van der Waals surface area contributed by atoms with Crippen LogP contribution >= 0.6 is 11.6 Å². The molecule has 1 aliphatic rings. The molecule has 2 rings (SSSR count). The van der Waals surface area contributed by atoms with Crippen LogP contribution in [-0.4, -0.2) is 37.1 Å². The van der Waals surface area contributed by atoms with Crippen molar-refractivity contribution in [3.8, 4) is 0 Å². The van der Waals surface area contributed by atoms with Gasteiger partial charge < -0.3 is 15.4 Å². The number of rotatable bonds is 8. The average Bonchev–Trinajstić information content (AvgIpc) is 2.62. The Morgan fingerprint density at radius 1 is 1.24 bits per heavy atom. The molecule has 1 aromatic carbocycles. The van der Waals surface area contributed by atoms with Crippen molar-refractivity contribution in [3.63, 3.8) is 0 Å². The lowest BCUT2D eigenvalue weighted by atomic mass is 9.98. The summed E-state index contributed by atoms with van der Waals surface area (Å²) in [5, 5.41) is 5.86. The lowest BCUT2D eigenvalue weighted by Gasteiger charge is -2.22. The van der Waals surface area contributed by atoms with Gasteiger partial charge in [0.05, 0.1) is 16.7 Å². The van der Waals surface area contributed by atoms with Crippen LogP contribution in [0.4, 0.5) is 0 Å². The molecule has 1 fully saturated rings. The Morgan fingerprint density at radius 2 is 1.96 bits per heavy atom. The molecule has 0 unspecified atom stereocenters. The van der Waals surface area contributed by atoms with Gasteiger partial charge in [-0.2, -0.15) is 0 Å². The second-order valence-corrected chi connectivity index (χ2v) is 6.86. The highest BCUT2D eigenvalue weighted by molar-refractivity contribution is 6.33. The Labute approximate surface area is 154 Å². The van der Waals surface area contributed by atoms with Crippen LogP contribution in [0.5, 0.6) is 0 Å². The predicted molar refractivity (Wildman–Crippen MR) is 98.8 cm³/mol. The largest absolute Gasteiger partial charge is 0.378 e. The summed E-state index contributed by atoms with van der Waals surface area (Å²) < 4.78 is 5.83. The Kier molecular flexibility index (Phi) is 8.22. The summed E-state index contributed by atoms with van der Waals surface area (Å²) in [5.41, 5.74) is 0.365. The molecule has 0 saturated heterocycles. The number of hydrogen-bond acceptors (Lipinski definition) is 3. The normalized spacial score (nSPS) is 16.2. The zero-order valence-corrected chi connectivity index (χ0v) is 15.5. The molecule has 0 radical (unpaired) electrons. The number of carbonyl (C=O) groups excluding carboxylic acids is 2. The first-order chi connectivity index (χ1) is 12.1. The van der Waals surface area contributed by atoms with E-state index in [1.807, 2.05) is 0 Å². The molecule has 5 nitrogen and oxygen atoms in total. The third-order valence-electron chi connectivity index (χ3n) is 4.39. The molecule has 2 N–H and O–H groups in total. The highest BCUT2D eigenvalue weighted by atomic mass is 35.5. The number of hydrogen-bond donors (Lipinski definition) is 2. The van der Waals surface area contributed by atoms with Gasteiger partial charge in [0.15, 0.2) is 0 Å². The molecule has 0 bridgehead atoms. The Morgan fingerprint density at radius 3 is 2.68 bits per heavy atom. The first-order valence-electron chi connectivity index (χ1n) is 9.02. The van der Waals surface area contributed by atoms with E-state index in [-0.39, 0.29) is 11.8 Å². The van der Waals surface area contributed by atoms with Gasteiger partial charge in [0, 0.05) is 13.2 Å². The third-order valence-corrected chi connectivity index (χ3v) is 4.72. The predicted octanol–water partition coefficient (Wildman–Crippen LogP) is 3.31. The lowest BCUT2D eigenvalue weighted by molar-refractivity contribution is -0.122. The number of halogens is 1. The van der Waals surface area contributed by atoms with Crippen LogP contribution in [0.3, 0.4) is 0 Å². The van der Waals surface area contributed by atoms with Gasteiger partial charge in [-0.15, -0.1) is 0 Å². The Balaban J connectivity index is 1.63. The van der Waals surface area contributed by atoms with E-state index in [0.717, 1.165) is 19.3 Å². The fourth-order valence-electron chi connectivity index (χ4n) is 2.90. The van der Waals surface area contributed by atoms with E-state index in [0.29, 0.717) is 29.8 Å². The maximum absolute atomic E-state index is 12.1. The molecule has 1 saturated carbocycles. The first kappa shape index (κ1) is 19.7. The van der Waals surface area contributed by atoms with Crippen LogP contribution in [0.15, 0.2) is 24.3 Å². The summed E-state index contributed by atoms with van der Waals surface area (Å²) in [6.07, 6.45) is 7.28. The van der Waals surface area contributed by atoms with Crippen LogP contribution in [0.2, 0.25) is 5.02 Å². The number of carbonyl (C=O) groups is 2. The lowest BCUT2D eigenvalue weighted by Crippen LogP contribution is -2.45. The van der Waals surface area contributed by atoms with E-state index in [1.54, 1.807) is 31.2 Å². The van der Waals surface area contributed by atoms with E-state index in [2.05, 4.69) is 10.6 Å². The summed E-state index contributed by atoms with van der Waals surface area (Å²) in [5.74, 6) is -0.563. The standard InChI is InChI=1S/C19H27ClN2O3/c1-14(22-19(24)16-10-5-6-11-17(16)20)18(23)21-12-7-13-25-15-8-3-2-4-9-15/h5-6,10-11,14-15H,2-4,7-9,12-13H2,1H3,(H,21,23)(H,22,24)/t14-/m0/s1. The molecule has 2 amide bonds. The van der Waals surface area contributed by atoms with Gasteiger partial charge in [0.2, 0.25) is 5.91 Å². The molecule has 138 valence electrons. The summed E-state index contributed by atoms with van der Waals surface area (Å²) in [4.78, 5) is 24.2. The molecule has 1 aromatic rings. The van der Waals surface area contributed by atoms with Crippen molar-refractivity contribution < 1.29 is 14.3 Å². The minimum Gasteiger partial charge on any atom is -0.378 e. The van der Waals surface area contributed by atoms with E-state index >= 15 is 0 Å². The van der Waals surface area contributed by atoms with Gasteiger partial charge in [-0.1, -0.05) is 43.0 Å². The molecule has 1 aliphatic carbocycles. The number of benzene rings is 1. The second kappa shape index (κ2) is 10.4. The highest BCUT2D eigenvalue weighted by Crippen LogP contribution is 2.20. The van der Waals surface area contributed by atoms with Gasteiger partial charge >= 0.3 is 0 Å². The fraction of sp³-hybridized carbons (Fsp3) is 0.579. The Hall–Kier alpha value is -1.59. The number of nitrogens with one attached hydrogen (secondary N) is 2. The van der Waals surface area contributed by atoms with Crippen LogP contribution in [0.1, 0.15) is 55.8 Å². The SMILES string of the molecule is C[C@H](NC(=O)c1ccccc1Cl)C(=O)NCCCOC1CCCCC1. The minimum absolute atomic E-state index is 0.210. The summed E-state index contributed by atoms with van der Waals surface area (Å²) in [6.45, 7) is 2.85. The van der Waals surface area contributed by atoms with Crippen LogP contribution in [0.25, 0.3) is 0 Å². The van der Waals surface area contributed by atoms with Gasteiger partial charge in [0.25, 0.3) is 5.91 Å². The zero-order valence-electron chi connectivity index (χ0n) is 14.7. The quantitative estimate of drug-likeness (QED) is 0.693. The molecule has 0 aromatic heterocycles. The first-order valence-corrected chi connectivity index (χ1v) is 9.40. The van der Waals surface area contributed by atoms with Crippen molar-refractivity contribution in [1.29, 1.82) is 0 Å². The smallest absolute Gasteiger partial charge is 0.253 e. The molecule has 25 heavy (non-hydrogen) atoms. The van der Waals surface area contributed by atoms with E-state index in [1.165, 1.54) is 19.3 Å². The molecule has 0 spiro atoms. The van der Waals surface area contributed by atoms with Gasteiger partial charge in [-0.05, 0) is 38.3 Å². The summed E-state index contributed by atoms with van der Waals surface area (Å²) in [7, 11) is 0. The van der Waals surface area contributed by atoms with Crippen molar-refractivity contribution in [1.82, 2.24) is 10.6 Å². The van der Waals surface area contributed by atoms with Gasteiger partial charge in [-0.25, -0.2) is 0 Å². The molecule has 0 heterocycles. The van der Waals surface area contributed by atoms with E-state index in [4.69, 9.17) is 16.3 Å². The van der Waals surface area contributed by atoms with Crippen molar-refractivity contribution in [3.05, 3.63) is 34.9 Å². The maximum atomic E-state index is 12.1. The number of amides is 2. The molecular weight excluding hydrogens is 340 g/mol. The number of ether oxygens (including phenoxy) is 1. The van der Waals surface area contributed by atoms with Crippen LogP contribution < -0.4 is 10.6 Å². The van der Waals surface area contributed by atoms with Crippen molar-refractivity contribution in [2.45, 2.75) is 57.6 Å². The third kappa shape index (κ3) is 6.67. The highest BCUT2D eigenvalue weighted by Gasteiger charge is 2.18. The van der Waals surface area contributed by atoms with Crippen LogP contribution in [-0.2, 0) is 9.53 Å². The summed E-state index contributed by atoms with van der Waals surface area (Å²) in [6, 6.07) is 6.14. The zero-order chi connectivity index (χ0) is 18.1. The van der Waals surface area contributed by atoms with Crippen molar-refractivity contribution in [2.75, 3.05) is 13.2 Å². The van der Waals surface area contributed by atoms with Gasteiger partial charge in [-0.3, -0.25) is 9.59 Å². The van der Waals surface area contributed by atoms with E-state index in [9.17, 15) is 9.59 Å². The molecule has 1 atom stereocenters. The summed E-state index contributed by atoms with van der Waals surface area (Å²) >= 11 is 5.99. The Bertz CT molecular complexity index is 574. The average molecular weight is 367 g/mol. The van der Waals surface area contributed by atoms with Gasteiger partial charge in [0.1, 0.15) is 6.04 Å². The van der Waals surface area contributed by atoms with E-state index < -0.39 is 6.04 Å². The van der Waals surface area contributed by atoms with Crippen molar-refractivity contribution in [2.24, 2.45) is 0 Å². The topological polar surface area (TPSA) is 67.4 Å². The molecular formula is C19H27ClN2O3. The molecule has 6 heteroatoms. The minimum atomic E-state index is -0.622. The second-order valence-electron chi connectivity index (χ2n) is 6.45. The maximum Gasteiger partial charge on any atom is 0.253 e. The van der Waals surface area contributed by atoms with Crippen molar-refractivity contribution >= 4 is 23.4 Å². The van der Waals surface area contributed by atoms with Crippen LogP contribution in [0, 0.1) is 0 Å². The monoisotopic (exact) mass is 366 g/mol.